The monoisotopic (exact) mass is 231 g/mol. The van der Waals surface area contributed by atoms with Gasteiger partial charge >= 0.3 is 0 Å². The minimum atomic E-state index is 0.0564. The first-order chi connectivity index (χ1) is 7.66. The van der Waals surface area contributed by atoms with Crippen molar-refractivity contribution in [3.63, 3.8) is 0 Å². The molecule has 0 heterocycles. The van der Waals surface area contributed by atoms with Crippen LogP contribution in [0.15, 0.2) is 0 Å². The van der Waals surface area contributed by atoms with Crippen molar-refractivity contribution < 1.29 is 9.53 Å². The Morgan fingerprint density at radius 3 is 2.62 bits per heavy atom. The molecular formula is C11H25N3O2. The van der Waals surface area contributed by atoms with E-state index < -0.39 is 0 Å². The van der Waals surface area contributed by atoms with E-state index in [1.54, 1.807) is 7.11 Å². The molecule has 0 saturated carbocycles. The van der Waals surface area contributed by atoms with Crippen LogP contribution in [0.25, 0.3) is 0 Å². The van der Waals surface area contributed by atoms with Gasteiger partial charge in [-0.2, -0.15) is 0 Å². The fourth-order valence-electron chi connectivity index (χ4n) is 1.23. The fourth-order valence-corrected chi connectivity index (χ4v) is 1.23. The van der Waals surface area contributed by atoms with E-state index in [4.69, 9.17) is 4.74 Å². The quantitative estimate of drug-likeness (QED) is 0.506. The van der Waals surface area contributed by atoms with Gasteiger partial charge in [-0.15, -0.1) is 0 Å². The van der Waals surface area contributed by atoms with Crippen molar-refractivity contribution in [2.75, 3.05) is 54.0 Å². The fraction of sp³-hybridized carbons (Fsp3) is 0.909. The first-order valence-electron chi connectivity index (χ1n) is 5.78. The summed E-state index contributed by atoms with van der Waals surface area (Å²) in [6, 6.07) is 0. The van der Waals surface area contributed by atoms with E-state index in [-0.39, 0.29) is 5.91 Å². The Labute approximate surface area is 98.5 Å². The van der Waals surface area contributed by atoms with Crippen molar-refractivity contribution in [3.05, 3.63) is 0 Å². The highest BCUT2D eigenvalue weighted by molar-refractivity contribution is 5.77. The van der Waals surface area contributed by atoms with Gasteiger partial charge in [-0.1, -0.05) is 0 Å². The molecule has 0 aromatic carbocycles. The van der Waals surface area contributed by atoms with E-state index in [1.807, 2.05) is 14.1 Å². The number of carbonyl (C=O) groups excluding carboxylic acids is 1. The SMILES string of the molecule is COCCCNC(=O)CNCCCN(C)C. The zero-order chi connectivity index (χ0) is 12.2. The molecule has 5 nitrogen and oxygen atoms in total. The van der Waals surface area contributed by atoms with Crippen LogP contribution >= 0.6 is 0 Å². The van der Waals surface area contributed by atoms with E-state index in [9.17, 15) is 4.79 Å². The maximum Gasteiger partial charge on any atom is 0.233 e. The first-order valence-corrected chi connectivity index (χ1v) is 5.78. The molecule has 0 aliphatic carbocycles. The maximum absolute atomic E-state index is 11.3. The van der Waals surface area contributed by atoms with Gasteiger partial charge in [0.05, 0.1) is 6.54 Å². The standard InChI is InChI=1S/C11H25N3O2/c1-14(2)8-4-6-12-10-11(15)13-7-5-9-16-3/h12H,4-10H2,1-3H3,(H,13,15). The van der Waals surface area contributed by atoms with E-state index in [2.05, 4.69) is 15.5 Å². The van der Waals surface area contributed by atoms with Crippen LogP contribution in [0, 0.1) is 0 Å². The maximum atomic E-state index is 11.3. The Kier molecular flexibility index (Phi) is 10.4. The number of ether oxygens (including phenoxy) is 1. The second kappa shape index (κ2) is 10.9. The van der Waals surface area contributed by atoms with Gasteiger partial charge < -0.3 is 20.3 Å². The lowest BCUT2D eigenvalue weighted by Crippen LogP contribution is -2.35. The highest BCUT2D eigenvalue weighted by Crippen LogP contribution is 1.80. The van der Waals surface area contributed by atoms with Crippen molar-refractivity contribution in [2.24, 2.45) is 0 Å². The molecule has 0 radical (unpaired) electrons. The molecule has 1 amide bonds. The predicted molar refractivity (Wildman–Crippen MR) is 65.5 cm³/mol. The predicted octanol–water partition coefficient (Wildman–Crippen LogP) is -0.320. The minimum Gasteiger partial charge on any atom is -0.385 e. The van der Waals surface area contributed by atoms with Gasteiger partial charge in [-0.05, 0) is 40.0 Å². The molecule has 5 heteroatoms. The number of rotatable bonds is 10. The van der Waals surface area contributed by atoms with Gasteiger partial charge in [-0.3, -0.25) is 4.79 Å². The number of nitrogens with zero attached hydrogens (tertiary/aromatic N) is 1. The second-order valence-corrected chi connectivity index (χ2v) is 4.03. The Bertz CT molecular complexity index is 175. The van der Waals surface area contributed by atoms with E-state index in [1.165, 1.54) is 0 Å². The molecule has 0 aliphatic heterocycles. The van der Waals surface area contributed by atoms with Gasteiger partial charge in [0.15, 0.2) is 0 Å². The van der Waals surface area contributed by atoms with Crippen LogP contribution in [0.2, 0.25) is 0 Å². The normalized spacial score (nSPS) is 10.8. The number of carbonyl (C=O) groups is 1. The molecule has 96 valence electrons. The van der Waals surface area contributed by atoms with E-state index >= 15 is 0 Å². The molecule has 0 fully saturated rings. The first kappa shape index (κ1) is 15.3. The largest absolute Gasteiger partial charge is 0.385 e. The van der Waals surface area contributed by atoms with E-state index in [0.29, 0.717) is 19.7 Å². The van der Waals surface area contributed by atoms with Crippen LogP contribution < -0.4 is 10.6 Å². The van der Waals surface area contributed by atoms with Crippen LogP contribution in [0.3, 0.4) is 0 Å². The van der Waals surface area contributed by atoms with Gasteiger partial charge in [0.1, 0.15) is 0 Å². The molecule has 0 aromatic heterocycles. The summed E-state index contributed by atoms with van der Waals surface area (Å²) in [5, 5.41) is 5.94. The molecule has 0 spiro atoms. The summed E-state index contributed by atoms with van der Waals surface area (Å²) in [4.78, 5) is 13.4. The average molecular weight is 231 g/mol. The lowest BCUT2D eigenvalue weighted by molar-refractivity contribution is -0.120. The Balaban J connectivity index is 3.17. The molecule has 0 aromatic rings. The Morgan fingerprint density at radius 1 is 1.25 bits per heavy atom. The number of nitrogens with one attached hydrogen (secondary N) is 2. The second-order valence-electron chi connectivity index (χ2n) is 4.03. The van der Waals surface area contributed by atoms with Crippen molar-refractivity contribution >= 4 is 5.91 Å². The van der Waals surface area contributed by atoms with Crippen molar-refractivity contribution in [1.82, 2.24) is 15.5 Å². The van der Waals surface area contributed by atoms with Crippen LogP contribution in [0.4, 0.5) is 0 Å². The molecule has 0 unspecified atom stereocenters. The molecule has 0 bridgehead atoms. The molecule has 0 rings (SSSR count). The smallest absolute Gasteiger partial charge is 0.233 e. The molecular weight excluding hydrogens is 206 g/mol. The zero-order valence-electron chi connectivity index (χ0n) is 10.7. The van der Waals surface area contributed by atoms with E-state index in [0.717, 1.165) is 25.9 Å². The summed E-state index contributed by atoms with van der Waals surface area (Å²) in [5.41, 5.74) is 0. The molecule has 16 heavy (non-hydrogen) atoms. The average Bonchev–Trinajstić information content (AvgIpc) is 2.23. The Hall–Kier alpha value is -0.650. The van der Waals surface area contributed by atoms with Crippen LogP contribution in [0.1, 0.15) is 12.8 Å². The summed E-state index contributed by atoms with van der Waals surface area (Å²) in [6.07, 6.45) is 1.92. The van der Waals surface area contributed by atoms with Crippen molar-refractivity contribution in [2.45, 2.75) is 12.8 Å². The third-order valence-corrected chi connectivity index (χ3v) is 2.09. The summed E-state index contributed by atoms with van der Waals surface area (Å²) in [5.74, 6) is 0.0564. The molecule has 0 saturated heterocycles. The minimum absolute atomic E-state index is 0.0564. The van der Waals surface area contributed by atoms with Gasteiger partial charge in [-0.25, -0.2) is 0 Å². The van der Waals surface area contributed by atoms with Gasteiger partial charge in [0.25, 0.3) is 0 Å². The van der Waals surface area contributed by atoms with Gasteiger partial charge in [0.2, 0.25) is 5.91 Å². The highest BCUT2D eigenvalue weighted by atomic mass is 16.5. The van der Waals surface area contributed by atoms with Crippen LogP contribution in [-0.2, 0) is 9.53 Å². The van der Waals surface area contributed by atoms with Crippen molar-refractivity contribution in [3.8, 4) is 0 Å². The molecule has 2 N–H and O–H groups in total. The lowest BCUT2D eigenvalue weighted by atomic mass is 10.4. The number of amides is 1. The topological polar surface area (TPSA) is 53.6 Å². The Morgan fingerprint density at radius 2 is 2.00 bits per heavy atom. The number of methoxy groups -OCH3 is 1. The third kappa shape index (κ3) is 11.4. The summed E-state index contributed by atoms with van der Waals surface area (Å²) in [6.45, 7) is 3.70. The number of hydrogen-bond donors (Lipinski definition) is 2. The number of hydrogen-bond acceptors (Lipinski definition) is 4. The van der Waals surface area contributed by atoms with Crippen LogP contribution in [-0.4, -0.2) is 64.8 Å². The highest BCUT2D eigenvalue weighted by Gasteiger charge is 1.99. The zero-order valence-corrected chi connectivity index (χ0v) is 10.7. The summed E-state index contributed by atoms with van der Waals surface area (Å²) < 4.78 is 4.89. The summed E-state index contributed by atoms with van der Waals surface area (Å²) in [7, 11) is 5.75. The molecule has 0 aliphatic rings. The van der Waals surface area contributed by atoms with Crippen LogP contribution in [0.5, 0.6) is 0 Å². The third-order valence-electron chi connectivity index (χ3n) is 2.09. The molecule has 0 atom stereocenters. The van der Waals surface area contributed by atoms with Gasteiger partial charge in [0, 0.05) is 20.3 Å². The summed E-state index contributed by atoms with van der Waals surface area (Å²) >= 11 is 0. The lowest BCUT2D eigenvalue weighted by Gasteiger charge is -2.09. The van der Waals surface area contributed by atoms with Crippen molar-refractivity contribution in [1.29, 1.82) is 0 Å².